The molecule has 0 heterocycles. The van der Waals surface area contributed by atoms with Crippen LogP contribution in [0, 0.1) is 5.92 Å². The molecule has 118 valence electrons. The van der Waals surface area contributed by atoms with Crippen molar-refractivity contribution in [1.82, 2.24) is 9.03 Å². The van der Waals surface area contributed by atoms with Crippen LogP contribution in [0.5, 0.6) is 0 Å². The van der Waals surface area contributed by atoms with Gasteiger partial charge in [0.15, 0.2) is 0 Å². The molecule has 20 heavy (non-hydrogen) atoms. The van der Waals surface area contributed by atoms with Gasteiger partial charge in [-0.3, -0.25) is 4.79 Å². The standard InChI is InChI=1S/C13H26N2O4S/c1-10(2)15(3)20(17,18)14-12-9-7-5-6-8-11(12)13(16)19-4/h10-12,14H,5-9H2,1-4H3/t11-,12+/m1/s1. The highest BCUT2D eigenvalue weighted by atomic mass is 32.2. The lowest BCUT2D eigenvalue weighted by Crippen LogP contribution is -2.49. The van der Waals surface area contributed by atoms with Gasteiger partial charge in [0.25, 0.3) is 10.2 Å². The Bertz CT molecular complexity index is 422. The summed E-state index contributed by atoms with van der Waals surface area (Å²) in [5.41, 5.74) is 0. The monoisotopic (exact) mass is 306 g/mol. The first kappa shape index (κ1) is 17.4. The first-order chi connectivity index (χ1) is 9.29. The first-order valence-corrected chi connectivity index (χ1v) is 8.56. The van der Waals surface area contributed by atoms with E-state index in [0.29, 0.717) is 12.8 Å². The van der Waals surface area contributed by atoms with Crippen molar-refractivity contribution in [3.63, 3.8) is 0 Å². The van der Waals surface area contributed by atoms with Crippen molar-refractivity contribution in [1.29, 1.82) is 0 Å². The second-order valence-corrected chi connectivity index (χ2v) is 7.37. The fraction of sp³-hybridized carbons (Fsp3) is 0.923. The summed E-state index contributed by atoms with van der Waals surface area (Å²) in [5.74, 6) is -0.718. The van der Waals surface area contributed by atoms with Crippen LogP contribution in [0.4, 0.5) is 0 Å². The average Bonchev–Trinajstić information content (AvgIpc) is 2.61. The van der Waals surface area contributed by atoms with Gasteiger partial charge in [-0.15, -0.1) is 0 Å². The summed E-state index contributed by atoms with van der Waals surface area (Å²) in [5, 5.41) is 0. The molecule has 0 unspecified atom stereocenters. The van der Waals surface area contributed by atoms with Gasteiger partial charge >= 0.3 is 5.97 Å². The van der Waals surface area contributed by atoms with E-state index in [4.69, 9.17) is 4.74 Å². The second-order valence-electron chi connectivity index (χ2n) is 5.61. The molecule has 1 aliphatic carbocycles. The number of carbonyl (C=O) groups excluding carboxylic acids is 1. The van der Waals surface area contributed by atoms with E-state index in [1.54, 1.807) is 0 Å². The molecular formula is C13H26N2O4S. The predicted molar refractivity (Wildman–Crippen MR) is 77.3 cm³/mol. The van der Waals surface area contributed by atoms with Crippen molar-refractivity contribution in [2.24, 2.45) is 5.92 Å². The minimum atomic E-state index is -3.57. The van der Waals surface area contributed by atoms with Crippen LogP contribution in [0.1, 0.15) is 46.0 Å². The molecule has 6 nitrogen and oxygen atoms in total. The number of nitrogens with one attached hydrogen (secondary N) is 1. The van der Waals surface area contributed by atoms with E-state index in [2.05, 4.69) is 4.72 Å². The molecule has 0 saturated heterocycles. The maximum atomic E-state index is 12.3. The zero-order valence-electron chi connectivity index (χ0n) is 12.8. The number of hydrogen-bond donors (Lipinski definition) is 1. The highest BCUT2D eigenvalue weighted by Gasteiger charge is 2.34. The van der Waals surface area contributed by atoms with E-state index in [1.165, 1.54) is 18.5 Å². The number of carbonyl (C=O) groups is 1. The third kappa shape index (κ3) is 4.43. The summed E-state index contributed by atoms with van der Waals surface area (Å²) in [6.07, 6.45) is 4.21. The van der Waals surface area contributed by atoms with E-state index in [9.17, 15) is 13.2 Å². The third-order valence-electron chi connectivity index (χ3n) is 3.93. The fourth-order valence-corrected chi connectivity index (χ4v) is 3.82. The number of ether oxygens (including phenoxy) is 1. The molecule has 0 aliphatic heterocycles. The Hall–Kier alpha value is -0.660. The molecule has 7 heteroatoms. The minimum Gasteiger partial charge on any atom is -0.469 e. The van der Waals surface area contributed by atoms with Crippen molar-refractivity contribution < 1.29 is 17.9 Å². The van der Waals surface area contributed by atoms with Crippen molar-refractivity contribution in [3.05, 3.63) is 0 Å². The number of esters is 1. The van der Waals surface area contributed by atoms with Gasteiger partial charge in [0, 0.05) is 19.1 Å². The summed E-state index contributed by atoms with van der Waals surface area (Å²) in [6.45, 7) is 3.62. The summed E-state index contributed by atoms with van der Waals surface area (Å²) in [4.78, 5) is 11.8. The molecule has 0 bridgehead atoms. The van der Waals surface area contributed by atoms with E-state index in [0.717, 1.165) is 19.3 Å². The van der Waals surface area contributed by atoms with Gasteiger partial charge in [0.1, 0.15) is 0 Å². The average molecular weight is 306 g/mol. The molecule has 1 N–H and O–H groups in total. The van der Waals surface area contributed by atoms with Crippen LogP contribution in [0.3, 0.4) is 0 Å². The normalized spacial score (nSPS) is 24.7. The molecule has 1 rings (SSSR count). The Morgan fingerprint density at radius 2 is 1.85 bits per heavy atom. The number of hydrogen-bond acceptors (Lipinski definition) is 4. The zero-order chi connectivity index (χ0) is 15.3. The maximum absolute atomic E-state index is 12.3. The molecule has 1 aliphatic rings. The Balaban J connectivity index is 2.87. The van der Waals surface area contributed by atoms with Crippen molar-refractivity contribution in [2.75, 3.05) is 14.2 Å². The van der Waals surface area contributed by atoms with Gasteiger partial charge in [-0.05, 0) is 26.7 Å². The van der Waals surface area contributed by atoms with E-state index in [-0.39, 0.29) is 18.1 Å². The van der Waals surface area contributed by atoms with Crippen LogP contribution in [-0.4, -0.2) is 44.9 Å². The third-order valence-corrected chi connectivity index (χ3v) is 5.71. The summed E-state index contributed by atoms with van der Waals surface area (Å²) < 4.78 is 33.3. The lowest BCUT2D eigenvalue weighted by Gasteiger charge is -2.28. The second kappa shape index (κ2) is 7.38. The van der Waals surface area contributed by atoms with E-state index in [1.807, 2.05) is 13.8 Å². The van der Waals surface area contributed by atoms with Crippen LogP contribution in [0.25, 0.3) is 0 Å². The van der Waals surface area contributed by atoms with Gasteiger partial charge in [-0.25, -0.2) is 0 Å². The molecule has 1 saturated carbocycles. The van der Waals surface area contributed by atoms with Crippen molar-refractivity contribution >= 4 is 16.2 Å². The molecule has 0 aromatic carbocycles. The van der Waals surface area contributed by atoms with Gasteiger partial charge in [0.05, 0.1) is 13.0 Å². The Morgan fingerprint density at radius 3 is 2.40 bits per heavy atom. The smallest absolute Gasteiger partial charge is 0.310 e. The Labute approximate surface area is 122 Å². The van der Waals surface area contributed by atoms with E-state index < -0.39 is 16.1 Å². The fourth-order valence-electron chi connectivity index (χ4n) is 2.43. The highest BCUT2D eigenvalue weighted by molar-refractivity contribution is 7.87. The largest absolute Gasteiger partial charge is 0.469 e. The predicted octanol–water partition coefficient (Wildman–Crippen LogP) is 1.28. The number of rotatable bonds is 5. The quantitative estimate of drug-likeness (QED) is 0.613. The zero-order valence-corrected chi connectivity index (χ0v) is 13.6. The van der Waals surface area contributed by atoms with Gasteiger partial charge in [-0.2, -0.15) is 17.4 Å². The Morgan fingerprint density at radius 1 is 1.25 bits per heavy atom. The molecular weight excluding hydrogens is 280 g/mol. The van der Waals surface area contributed by atoms with Crippen LogP contribution in [0.2, 0.25) is 0 Å². The maximum Gasteiger partial charge on any atom is 0.310 e. The SMILES string of the molecule is COC(=O)[C@@H]1CCCCC[C@@H]1NS(=O)(=O)N(C)C(C)C. The van der Waals surface area contributed by atoms with Crippen molar-refractivity contribution in [3.8, 4) is 0 Å². The Kier molecular flexibility index (Phi) is 6.42. The van der Waals surface area contributed by atoms with Crippen LogP contribution >= 0.6 is 0 Å². The van der Waals surface area contributed by atoms with Gasteiger partial charge < -0.3 is 4.74 Å². The van der Waals surface area contributed by atoms with Crippen LogP contribution in [-0.2, 0) is 19.7 Å². The minimum absolute atomic E-state index is 0.130. The summed E-state index contributed by atoms with van der Waals surface area (Å²) in [7, 11) is -0.690. The molecule has 0 aromatic rings. The molecule has 0 spiro atoms. The lowest BCUT2D eigenvalue weighted by molar-refractivity contribution is -0.146. The summed E-state index contributed by atoms with van der Waals surface area (Å²) >= 11 is 0. The highest BCUT2D eigenvalue weighted by Crippen LogP contribution is 2.25. The molecule has 0 radical (unpaired) electrons. The number of nitrogens with zero attached hydrogens (tertiary/aromatic N) is 1. The lowest BCUT2D eigenvalue weighted by atomic mass is 9.96. The van der Waals surface area contributed by atoms with Crippen molar-refractivity contribution in [2.45, 2.75) is 58.0 Å². The van der Waals surface area contributed by atoms with E-state index >= 15 is 0 Å². The first-order valence-electron chi connectivity index (χ1n) is 7.12. The van der Waals surface area contributed by atoms with Crippen LogP contribution in [0.15, 0.2) is 0 Å². The molecule has 0 amide bonds. The number of methoxy groups -OCH3 is 1. The topological polar surface area (TPSA) is 75.7 Å². The molecule has 1 fully saturated rings. The summed E-state index contributed by atoms with van der Waals surface area (Å²) in [6, 6.07) is -0.508. The molecule has 0 aromatic heterocycles. The molecule has 2 atom stereocenters. The van der Waals surface area contributed by atoms with Gasteiger partial charge in [0.2, 0.25) is 0 Å². The van der Waals surface area contributed by atoms with Crippen LogP contribution < -0.4 is 4.72 Å². The van der Waals surface area contributed by atoms with Gasteiger partial charge in [-0.1, -0.05) is 19.3 Å².